The zero-order valence-corrected chi connectivity index (χ0v) is 41.2. The molecule has 0 radical (unpaired) electrons. The molecule has 1 heterocycles. The number of amides is 1. The number of hydrogen-bond acceptors (Lipinski definition) is 9. The second kappa shape index (κ2) is 43.7. The lowest BCUT2D eigenvalue weighted by Gasteiger charge is -2.40. The van der Waals surface area contributed by atoms with Gasteiger partial charge in [-0.2, -0.15) is 0 Å². The minimum atomic E-state index is -1.60. The van der Waals surface area contributed by atoms with E-state index in [1.165, 1.54) is 199 Å². The fraction of sp³-hybridized carbons (Fsp3) is 0.981. The van der Waals surface area contributed by atoms with Crippen molar-refractivity contribution in [1.82, 2.24) is 5.32 Å². The second-order valence-corrected chi connectivity index (χ2v) is 19.5. The number of ether oxygens (including phenoxy) is 2. The molecule has 7 N–H and O–H groups in total. The summed E-state index contributed by atoms with van der Waals surface area (Å²) in [5, 5.41) is 65.2. The summed E-state index contributed by atoms with van der Waals surface area (Å²) in [6.45, 7) is 3.62. The number of unbranched alkanes of at least 4 members (excludes halogenated alkanes) is 36. The van der Waals surface area contributed by atoms with Crippen LogP contribution in [0.3, 0.4) is 0 Å². The van der Waals surface area contributed by atoms with Crippen LogP contribution < -0.4 is 5.32 Å². The van der Waals surface area contributed by atoms with Crippen molar-refractivity contribution in [1.29, 1.82) is 0 Å². The van der Waals surface area contributed by atoms with E-state index in [-0.39, 0.29) is 18.9 Å². The van der Waals surface area contributed by atoms with E-state index >= 15 is 0 Å². The van der Waals surface area contributed by atoms with Gasteiger partial charge in [0.15, 0.2) is 6.29 Å². The highest BCUT2D eigenvalue weighted by molar-refractivity contribution is 5.76. The standard InChI is InChI=1S/C53H105NO9/c1-3-5-7-9-11-13-15-16-17-18-19-20-21-22-23-24-25-26-27-28-29-30-31-32-34-36-38-40-42-48(57)54-45(44-62-53-52(61)51(60)50(59)47(43-55)63-53)49(58)46(56)41-39-37-35-33-14-12-10-8-6-4-2/h45-47,49-53,55-56,58-61H,3-44H2,1-2H3,(H,54,57)/t45-,46+,47+,49-,50+,51?,52?,53+/m0/s1. The van der Waals surface area contributed by atoms with Gasteiger partial charge in [-0.15, -0.1) is 0 Å². The summed E-state index contributed by atoms with van der Waals surface area (Å²) < 4.78 is 11.2. The first kappa shape index (κ1) is 60.2. The molecular formula is C53H105NO9. The van der Waals surface area contributed by atoms with Gasteiger partial charge in [0.05, 0.1) is 25.4 Å². The Morgan fingerprint density at radius 3 is 1.17 bits per heavy atom. The molecular weight excluding hydrogens is 795 g/mol. The lowest BCUT2D eigenvalue weighted by molar-refractivity contribution is -0.303. The van der Waals surface area contributed by atoms with Crippen molar-refractivity contribution in [2.45, 2.75) is 320 Å². The van der Waals surface area contributed by atoms with Gasteiger partial charge in [0.25, 0.3) is 0 Å². The van der Waals surface area contributed by atoms with Crippen LogP contribution in [0, 0.1) is 0 Å². The number of carbonyl (C=O) groups excluding carboxylic acids is 1. The molecule has 0 aromatic rings. The summed E-state index contributed by atoms with van der Waals surface area (Å²) in [5.41, 5.74) is 0. The van der Waals surface area contributed by atoms with Gasteiger partial charge in [0, 0.05) is 6.42 Å². The van der Waals surface area contributed by atoms with Crippen LogP contribution in [0.4, 0.5) is 0 Å². The minimum absolute atomic E-state index is 0.252. The zero-order chi connectivity index (χ0) is 46.0. The van der Waals surface area contributed by atoms with Crippen molar-refractivity contribution in [3.8, 4) is 0 Å². The van der Waals surface area contributed by atoms with E-state index in [9.17, 15) is 35.4 Å². The molecule has 0 aromatic carbocycles. The average molecular weight is 900 g/mol. The molecule has 1 aliphatic heterocycles. The van der Waals surface area contributed by atoms with Gasteiger partial charge in [0.2, 0.25) is 5.91 Å². The molecule has 8 atom stereocenters. The van der Waals surface area contributed by atoms with Crippen molar-refractivity contribution >= 4 is 5.91 Å². The molecule has 1 fully saturated rings. The molecule has 1 rings (SSSR count). The van der Waals surface area contributed by atoms with Crippen LogP contribution in [0.1, 0.15) is 271 Å². The van der Waals surface area contributed by atoms with Gasteiger partial charge in [-0.25, -0.2) is 0 Å². The van der Waals surface area contributed by atoms with Gasteiger partial charge in [-0.1, -0.05) is 251 Å². The summed E-state index contributed by atoms with van der Waals surface area (Å²) in [5.74, 6) is -0.252. The highest BCUT2D eigenvalue weighted by atomic mass is 16.7. The maximum absolute atomic E-state index is 13.0. The molecule has 10 nitrogen and oxygen atoms in total. The second-order valence-electron chi connectivity index (χ2n) is 19.5. The van der Waals surface area contributed by atoms with E-state index in [1.54, 1.807) is 0 Å². The first-order valence-corrected chi connectivity index (χ1v) is 27.3. The Morgan fingerprint density at radius 2 is 0.825 bits per heavy atom. The number of rotatable bonds is 47. The molecule has 63 heavy (non-hydrogen) atoms. The van der Waals surface area contributed by atoms with E-state index < -0.39 is 55.6 Å². The molecule has 0 aromatic heterocycles. The maximum Gasteiger partial charge on any atom is 0.220 e. The smallest absolute Gasteiger partial charge is 0.220 e. The number of hydrogen-bond donors (Lipinski definition) is 7. The Morgan fingerprint density at radius 1 is 0.492 bits per heavy atom. The molecule has 2 unspecified atom stereocenters. The molecule has 0 spiro atoms. The van der Waals surface area contributed by atoms with Gasteiger partial charge in [0.1, 0.15) is 30.5 Å². The lowest BCUT2D eigenvalue weighted by atomic mass is 9.98. The van der Waals surface area contributed by atoms with Crippen LogP contribution in [0.2, 0.25) is 0 Å². The van der Waals surface area contributed by atoms with Crippen molar-refractivity contribution in [3.63, 3.8) is 0 Å². The third-order valence-electron chi connectivity index (χ3n) is 13.6. The van der Waals surface area contributed by atoms with Gasteiger partial charge in [-0.3, -0.25) is 4.79 Å². The molecule has 1 saturated heterocycles. The van der Waals surface area contributed by atoms with E-state index in [4.69, 9.17) is 9.47 Å². The molecule has 0 bridgehead atoms. The molecule has 376 valence electrons. The number of carbonyl (C=O) groups is 1. The summed E-state index contributed by atoms with van der Waals surface area (Å²) in [6.07, 6.45) is 40.0. The fourth-order valence-electron chi connectivity index (χ4n) is 9.14. The van der Waals surface area contributed by atoms with Crippen LogP contribution in [0.5, 0.6) is 0 Å². The van der Waals surface area contributed by atoms with Gasteiger partial charge in [-0.05, 0) is 12.8 Å². The minimum Gasteiger partial charge on any atom is -0.394 e. The Balaban J connectivity index is 2.16. The Hall–Kier alpha value is -0.850. The van der Waals surface area contributed by atoms with Crippen molar-refractivity contribution in [2.75, 3.05) is 13.2 Å². The average Bonchev–Trinajstić information content (AvgIpc) is 3.28. The van der Waals surface area contributed by atoms with Crippen molar-refractivity contribution < 1.29 is 44.9 Å². The molecule has 1 amide bonds. The maximum atomic E-state index is 13.0. The Labute approximate surface area is 387 Å². The predicted molar refractivity (Wildman–Crippen MR) is 260 cm³/mol. The summed E-state index contributed by atoms with van der Waals surface area (Å²) in [4.78, 5) is 13.0. The Bertz CT molecular complexity index is 973. The van der Waals surface area contributed by atoms with Crippen LogP contribution in [0.25, 0.3) is 0 Å². The zero-order valence-electron chi connectivity index (χ0n) is 41.2. The summed E-state index contributed by atoms with van der Waals surface area (Å²) in [7, 11) is 0. The fourth-order valence-corrected chi connectivity index (χ4v) is 9.14. The van der Waals surface area contributed by atoms with Crippen molar-refractivity contribution in [2.24, 2.45) is 0 Å². The summed E-state index contributed by atoms with van der Waals surface area (Å²) >= 11 is 0. The summed E-state index contributed by atoms with van der Waals surface area (Å²) in [6, 6.07) is -0.984. The van der Waals surface area contributed by atoms with Crippen LogP contribution in [-0.4, -0.2) is 98.7 Å². The Kier molecular flexibility index (Phi) is 41.7. The SMILES string of the molecule is CCCCCCCCCCCCCCCCCCCCCCCCCCCCCCC(=O)N[C@@H](CO[C@@H]1O[C@H](CO)[C@@H](O)C(O)C1O)[C@H](O)[C@H](O)CCCCCCCCCCCC. The molecule has 0 aliphatic carbocycles. The van der Waals surface area contributed by atoms with Crippen LogP contribution >= 0.6 is 0 Å². The quantitative estimate of drug-likeness (QED) is 0.0294. The molecule has 1 aliphatic rings. The number of aliphatic hydroxyl groups is 6. The normalized spacial score (nSPS) is 20.5. The predicted octanol–water partition coefficient (Wildman–Crippen LogP) is 11.7. The highest BCUT2D eigenvalue weighted by Crippen LogP contribution is 2.23. The van der Waals surface area contributed by atoms with Crippen LogP contribution in [0.15, 0.2) is 0 Å². The number of aliphatic hydroxyl groups excluding tert-OH is 6. The van der Waals surface area contributed by atoms with E-state index in [0.717, 1.165) is 44.9 Å². The number of nitrogens with one attached hydrogen (secondary N) is 1. The largest absolute Gasteiger partial charge is 0.394 e. The van der Waals surface area contributed by atoms with Crippen LogP contribution in [-0.2, 0) is 14.3 Å². The van der Waals surface area contributed by atoms with Gasteiger partial charge < -0.3 is 45.4 Å². The third kappa shape index (κ3) is 33.3. The first-order chi connectivity index (χ1) is 30.8. The monoisotopic (exact) mass is 900 g/mol. The topological polar surface area (TPSA) is 169 Å². The molecule has 10 heteroatoms. The molecule has 0 saturated carbocycles. The van der Waals surface area contributed by atoms with Gasteiger partial charge >= 0.3 is 0 Å². The first-order valence-electron chi connectivity index (χ1n) is 27.3. The van der Waals surface area contributed by atoms with E-state index in [1.807, 2.05) is 0 Å². The van der Waals surface area contributed by atoms with E-state index in [2.05, 4.69) is 19.2 Å². The highest BCUT2D eigenvalue weighted by Gasteiger charge is 2.44. The van der Waals surface area contributed by atoms with E-state index in [0.29, 0.717) is 6.42 Å². The third-order valence-corrected chi connectivity index (χ3v) is 13.6. The van der Waals surface area contributed by atoms with Crippen molar-refractivity contribution in [3.05, 3.63) is 0 Å². The lowest BCUT2D eigenvalue weighted by Crippen LogP contribution is -2.60.